The van der Waals surface area contributed by atoms with E-state index in [2.05, 4.69) is 18.7 Å². The summed E-state index contributed by atoms with van der Waals surface area (Å²) in [4.78, 5) is 3.15. The molecular formula is C10H18N2S. The van der Waals surface area contributed by atoms with Crippen molar-refractivity contribution < 1.29 is 0 Å². The van der Waals surface area contributed by atoms with Crippen molar-refractivity contribution in [2.75, 3.05) is 19.6 Å². The molecule has 0 amide bonds. The highest BCUT2D eigenvalue weighted by atomic mass is 32.1. The van der Waals surface area contributed by atoms with Crippen LogP contribution < -0.4 is 5.73 Å². The Morgan fingerprint density at radius 3 is 2.46 bits per heavy atom. The largest absolute Gasteiger partial charge is 0.393 e. The molecule has 2 rings (SSSR count). The second kappa shape index (κ2) is 2.92. The first kappa shape index (κ1) is 9.41. The Balaban J connectivity index is 1.75. The summed E-state index contributed by atoms with van der Waals surface area (Å²) in [6.45, 7) is 8.36. The van der Waals surface area contributed by atoms with Crippen LogP contribution in [0.5, 0.6) is 0 Å². The van der Waals surface area contributed by atoms with Gasteiger partial charge in [0.2, 0.25) is 0 Å². The van der Waals surface area contributed by atoms with Crippen molar-refractivity contribution in [3.63, 3.8) is 0 Å². The Kier molecular flexibility index (Phi) is 2.11. The molecular weight excluding hydrogens is 180 g/mol. The molecule has 0 radical (unpaired) electrons. The lowest BCUT2D eigenvalue weighted by molar-refractivity contribution is 0.265. The molecule has 0 aromatic heterocycles. The molecule has 0 aromatic rings. The van der Waals surface area contributed by atoms with Crippen molar-refractivity contribution in [2.45, 2.75) is 20.3 Å². The van der Waals surface area contributed by atoms with Crippen LogP contribution in [0.1, 0.15) is 20.3 Å². The van der Waals surface area contributed by atoms with Gasteiger partial charge in [-0.15, -0.1) is 0 Å². The van der Waals surface area contributed by atoms with E-state index in [0.29, 0.717) is 10.4 Å². The Morgan fingerprint density at radius 2 is 2.00 bits per heavy atom. The summed E-state index contributed by atoms with van der Waals surface area (Å²) in [6.07, 6.45) is 0.884. The minimum absolute atomic E-state index is 0.625. The van der Waals surface area contributed by atoms with Gasteiger partial charge in [-0.1, -0.05) is 26.1 Å². The lowest BCUT2D eigenvalue weighted by Crippen LogP contribution is -2.29. The van der Waals surface area contributed by atoms with E-state index < -0.39 is 0 Å². The van der Waals surface area contributed by atoms with E-state index >= 15 is 0 Å². The Morgan fingerprint density at radius 1 is 1.46 bits per heavy atom. The molecule has 13 heavy (non-hydrogen) atoms. The SMILES string of the molecule is CC1(C)C2CN(CCC(N)=S)CC21. The van der Waals surface area contributed by atoms with Gasteiger partial charge in [-0.25, -0.2) is 0 Å². The zero-order chi connectivity index (χ0) is 9.64. The van der Waals surface area contributed by atoms with Gasteiger partial charge in [0.1, 0.15) is 0 Å². The number of rotatable bonds is 3. The third-order valence-corrected chi connectivity index (χ3v) is 4.08. The summed E-state index contributed by atoms with van der Waals surface area (Å²) < 4.78 is 0. The second-order valence-corrected chi connectivity index (χ2v) is 5.53. The Labute approximate surface area is 85.5 Å². The number of thiocarbonyl (C=S) groups is 1. The van der Waals surface area contributed by atoms with Crippen LogP contribution in [0.2, 0.25) is 0 Å². The lowest BCUT2D eigenvalue weighted by atomic mass is 10.1. The molecule has 2 aliphatic rings. The van der Waals surface area contributed by atoms with Gasteiger partial charge in [-0.05, 0) is 17.3 Å². The quantitative estimate of drug-likeness (QED) is 0.692. The molecule has 2 atom stereocenters. The number of nitrogens with zero attached hydrogens (tertiary/aromatic N) is 1. The summed E-state index contributed by atoms with van der Waals surface area (Å²) in [7, 11) is 0. The molecule has 0 bridgehead atoms. The highest BCUT2D eigenvalue weighted by molar-refractivity contribution is 7.80. The lowest BCUT2D eigenvalue weighted by Gasteiger charge is -2.21. The number of fused-ring (bicyclic) bond motifs is 1. The van der Waals surface area contributed by atoms with Crippen LogP contribution in [0.4, 0.5) is 0 Å². The molecule has 1 aliphatic heterocycles. The van der Waals surface area contributed by atoms with E-state index in [1.54, 1.807) is 0 Å². The van der Waals surface area contributed by atoms with Gasteiger partial charge in [-0.3, -0.25) is 0 Å². The van der Waals surface area contributed by atoms with E-state index in [1.807, 2.05) is 0 Å². The van der Waals surface area contributed by atoms with Gasteiger partial charge in [0.15, 0.2) is 0 Å². The van der Waals surface area contributed by atoms with Crippen LogP contribution >= 0.6 is 12.2 Å². The molecule has 1 saturated heterocycles. The predicted molar refractivity (Wildman–Crippen MR) is 58.6 cm³/mol. The minimum Gasteiger partial charge on any atom is -0.393 e. The highest BCUT2D eigenvalue weighted by Crippen LogP contribution is 2.61. The zero-order valence-corrected chi connectivity index (χ0v) is 9.23. The predicted octanol–water partition coefficient (Wildman–Crippen LogP) is 1.25. The smallest absolute Gasteiger partial charge is 0.0740 e. The number of hydrogen-bond acceptors (Lipinski definition) is 2. The van der Waals surface area contributed by atoms with E-state index in [0.717, 1.165) is 24.8 Å². The number of hydrogen-bond donors (Lipinski definition) is 1. The van der Waals surface area contributed by atoms with E-state index in [4.69, 9.17) is 18.0 Å². The molecule has 0 spiro atoms. The second-order valence-electron chi connectivity index (χ2n) is 5.01. The first-order valence-corrected chi connectivity index (χ1v) is 5.43. The third-order valence-electron chi connectivity index (χ3n) is 3.87. The van der Waals surface area contributed by atoms with Crippen molar-refractivity contribution in [3.8, 4) is 0 Å². The van der Waals surface area contributed by atoms with Crippen LogP contribution in [0.15, 0.2) is 0 Å². The highest BCUT2D eigenvalue weighted by Gasteiger charge is 2.61. The van der Waals surface area contributed by atoms with Crippen molar-refractivity contribution in [1.82, 2.24) is 4.90 Å². The van der Waals surface area contributed by atoms with Gasteiger partial charge in [0.05, 0.1) is 4.99 Å². The summed E-state index contributed by atoms with van der Waals surface area (Å²) in [5, 5.41) is 0. The van der Waals surface area contributed by atoms with E-state index in [9.17, 15) is 0 Å². The minimum atomic E-state index is 0.625. The molecule has 1 heterocycles. The molecule has 2 N–H and O–H groups in total. The summed E-state index contributed by atoms with van der Waals surface area (Å²) in [5.41, 5.74) is 6.10. The molecule has 1 saturated carbocycles. The standard InChI is InChI=1S/C10H18N2S/c1-10(2)7-5-12(6-8(7)10)4-3-9(11)13/h7-8H,3-6H2,1-2H3,(H2,11,13). The number of likely N-dealkylation sites (tertiary alicyclic amines) is 1. The van der Waals surface area contributed by atoms with Crippen LogP contribution in [-0.4, -0.2) is 29.5 Å². The normalized spacial score (nSPS) is 35.8. The first-order chi connectivity index (χ1) is 6.01. The fourth-order valence-electron chi connectivity index (χ4n) is 2.66. The van der Waals surface area contributed by atoms with Crippen LogP contribution in [-0.2, 0) is 0 Å². The van der Waals surface area contributed by atoms with Crippen molar-refractivity contribution in [2.24, 2.45) is 23.0 Å². The van der Waals surface area contributed by atoms with Crippen molar-refractivity contribution >= 4 is 17.2 Å². The molecule has 2 fully saturated rings. The fraction of sp³-hybridized carbons (Fsp3) is 0.900. The fourth-order valence-corrected chi connectivity index (χ4v) is 2.76. The van der Waals surface area contributed by atoms with Crippen molar-refractivity contribution in [1.29, 1.82) is 0 Å². The maximum atomic E-state index is 5.47. The van der Waals surface area contributed by atoms with Crippen LogP contribution in [0, 0.1) is 17.3 Å². The molecule has 1 aliphatic carbocycles. The van der Waals surface area contributed by atoms with Gasteiger partial charge in [0, 0.05) is 26.1 Å². The first-order valence-electron chi connectivity index (χ1n) is 5.02. The van der Waals surface area contributed by atoms with Gasteiger partial charge >= 0.3 is 0 Å². The maximum Gasteiger partial charge on any atom is 0.0740 e. The molecule has 2 unspecified atom stereocenters. The summed E-state index contributed by atoms with van der Waals surface area (Å²) in [5.74, 6) is 1.89. The van der Waals surface area contributed by atoms with Crippen LogP contribution in [0.3, 0.4) is 0 Å². The zero-order valence-electron chi connectivity index (χ0n) is 8.42. The Bertz CT molecular complexity index is 223. The van der Waals surface area contributed by atoms with Crippen molar-refractivity contribution in [3.05, 3.63) is 0 Å². The average molecular weight is 198 g/mol. The molecule has 74 valence electrons. The van der Waals surface area contributed by atoms with Gasteiger partial charge < -0.3 is 10.6 Å². The van der Waals surface area contributed by atoms with Gasteiger partial charge in [-0.2, -0.15) is 0 Å². The maximum absolute atomic E-state index is 5.47. The summed E-state index contributed by atoms with van der Waals surface area (Å²) in [6, 6.07) is 0. The topological polar surface area (TPSA) is 29.3 Å². The van der Waals surface area contributed by atoms with Gasteiger partial charge in [0.25, 0.3) is 0 Å². The molecule has 0 aromatic carbocycles. The van der Waals surface area contributed by atoms with E-state index in [-0.39, 0.29) is 0 Å². The summed E-state index contributed by atoms with van der Waals surface area (Å²) >= 11 is 4.87. The monoisotopic (exact) mass is 198 g/mol. The van der Waals surface area contributed by atoms with Crippen LogP contribution in [0.25, 0.3) is 0 Å². The molecule has 2 nitrogen and oxygen atoms in total. The number of nitrogens with two attached hydrogens (primary N) is 1. The number of piperidine rings is 1. The molecule has 3 heteroatoms. The van der Waals surface area contributed by atoms with E-state index in [1.165, 1.54) is 13.1 Å². The third kappa shape index (κ3) is 1.59. The average Bonchev–Trinajstić information content (AvgIpc) is 2.51. The Hall–Kier alpha value is -0.150.